The molecular weight excluding hydrogens is 286 g/mol. The number of amides is 1. The first kappa shape index (κ1) is 16.3. The third-order valence-electron chi connectivity index (χ3n) is 4.71. The normalized spacial score (nSPS) is 29.8. The van der Waals surface area contributed by atoms with Crippen molar-refractivity contribution >= 4 is 24.0 Å². The summed E-state index contributed by atoms with van der Waals surface area (Å²) in [5, 5.41) is 3.08. The third kappa shape index (κ3) is 3.39. The number of fused-ring (bicyclic) bond motifs is 1. The van der Waals surface area contributed by atoms with Crippen LogP contribution in [0.5, 0.6) is 0 Å². The molecule has 0 saturated carbocycles. The van der Waals surface area contributed by atoms with Gasteiger partial charge in [0.15, 0.2) is 0 Å². The highest BCUT2D eigenvalue weighted by atomic mass is 35.5. The number of aryl methyl sites for hydroxylation is 1. The molecule has 1 fully saturated rings. The molecule has 0 spiro atoms. The smallest absolute Gasteiger partial charge is 0.241 e. The lowest BCUT2D eigenvalue weighted by Crippen LogP contribution is -2.53. The van der Waals surface area contributed by atoms with Gasteiger partial charge < -0.3 is 11.1 Å². The van der Waals surface area contributed by atoms with Crippen LogP contribution in [0.25, 0.3) is 0 Å². The average Bonchev–Trinajstić information content (AvgIpc) is 2.60. The molecule has 3 rings (SSSR count). The molecule has 1 aromatic rings. The van der Waals surface area contributed by atoms with Gasteiger partial charge in [0.2, 0.25) is 5.91 Å². The summed E-state index contributed by atoms with van der Waals surface area (Å²) in [6.45, 7) is 4.04. The molecule has 2 heterocycles. The summed E-state index contributed by atoms with van der Waals surface area (Å²) in [6, 6.07) is 8.36. The van der Waals surface area contributed by atoms with Crippen LogP contribution in [0.4, 0.5) is 5.69 Å². The fourth-order valence-corrected chi connectivity index (χ4v) is 3.33. The van der Waals surface area contributed by atoms with Crippen LogP contribution < -0.4 is 11.1 Å². The number of rotatable bonds is 1. The van der Waals surface area contributed by atoms with E-state index >= 15 is 0 Å². The largest absolute Gasteiger partial charge is 0.327 e. The third-order valence-corrected chi connectivity index (χ3v) is 4.71. The maximum Gasteiger partial charge on any atom is 0.241 e. The molecule has 0 aliphatic carbocycles. The van der Waals surface area contributed by atoms with Gasteiger partial charge in [-0.2, -0.15) is 0 Å². The Morgan fingerprint density at radius 1 is 1.29 bits per heavy atom. The van der Waals surface area contributed by atoms with E-state index in [0.29, 0.717) is 5.92 Å². The number of likely N-dealkylation sites (tertiary alicyclic amines) is 1. The van der Waals surface area contributed by atoms with Gasteiger partial charge in [0, 0.05) is 24.8 Å². The lowest BCUT2D eigenvalue weighted by Gasteiger charge is -2.38. The fourth-order valence-electron chi connectivity index (χ4n) is 3.33. The van der Waals surface area contributed by atoms with Crippen LogP contribution in [0.15, 0.2) is 24.3 Å². The molecule has 2 aliphatic rings. The van der Waals surface area contributed by atoms with Gasteiger partial charge in [-0.15, -0.1) is 12.4 Å². The zero-order valence-electron chi connectivity index (χ0n) is 12.4. The van der Waals surface area contributed by atoms with Gasteiger partial charge in [0.1, 0.15) is 0 Å². The van der Waals surface area contributed by atoms with Gasteiger partial charge in [-0.25, -0.2) is 0 Å². The quantitative estimate of drug-likeness (QED) is 0.834. The van der Waals surface area contributed by atoms with E-state index in [0.717, 1.165) is 38.0 Å². The second-order valence-corrected chi connectivity index (χ2v) is 6.13. The molecule has 1 amide bonds. The molecule has 0 bridgehead atoms. The summed E-state index contributed by atoms with van der Waals surface area (Å²) in [5.74, 6) is 0.597. The van der Waals surface area contributed by atoms with Crippen LogP contribution in [-0.4, -0.2) is 36.0 Å². The van der Waals surface area contributed by atoms with Crippen molar-refractivity contribution in [3.8, 4) is 0 Å². The van der Waals surface area contributed by atoms with Crippen molar-refractivity contribution in [1.82, 2.24) is 4.90 Å². The van der Waals surface area contributed by atoms with Crippen LogP contribution in [0, 0.1) is 5.92 Å². The van der Waals surface area contributed by atoms with E-state index in [1.165, 1.54) is 5.56 Å². The van der Waals surface area contributed by atoms with Crippen LogP contribution in [0.1, 0.15) is 25.3 Å². The van der Waals surface area contributed by atoms with Crippen molar-refractivity contribution in [1.29, 1.82) is 0 Å². The van der Waals surface area contributed by atoms with Gasteiger partial charge in [-0.05, 0) is 36.8 Å². The number of nitrogens with one attached hydrogen (secondary N) is 1. The summed E-state index contributed by atoms with van der Waals surface area (Å²) in [4.78, 5) is 14.8. The first-order valence-corrected chi connectivity index (χ1v) is 7.53. The molecule has 2 aliphatic heterocycles. The second kappa shape index (κ2) is 6.77. The van der Waals surface area contributed by atoms with Crippen LogP contribution in [-0.2, 0) is 11.2 Å². The zero-order chi connectivity index (χ0) is 14.1. The van der Waals surface area contributed by atoms with Crippen molar-refractivity contribution in [3.63, 3.8) is 0 Å². The Morgan fingerprint density at radius 2 is 2.05 bits per heavy atom. The number of carbonyl (C=O) groups excluding carboxylic acids is 1. The molecule has 21 heavy (non-hydrogen) atoms. The summed E-state index contributed by atoms with van der Waals surface area (Å²) < 4.78 is 0. The second-order valence-electron chi connectivity index (χ2n) is 6.13. The number of nitrogens with zero attached hydrogens (tertiary/aromatic N) is 1. The Kier molecular flexibility index (Phi) is 5.25. The van der Waals surface area contributed by atoms with Crippen LogP contribution >= 0.6 is 12.4 Å². The SMILES string of the molecule is CC1CN(C2CCc3ccccc3NC2=O)CCC1N.Cl. The molecular formula is C16H24ClN3O. The van der Waals surface area contributed by atoms with Crippen molar-refractivity contribution < 1.29 is 4.79 Å². The van der Waals surface area contributed by atoms with Gasteiger partial charge in [0.05, 0.1) is 6.04 Å². The van der Waals surface area contributed by atoms with E-state index in [9.17, 15) is 4.79 Å². The van der Waals surface area contributed by atoms with Gasteiger partial charge >= 0.3 is 0 Å². The highest BCUT2D eigenvalue weighted by Gasteiger charge is 2.33. The summed E-state index contributed by atoms with van der Waals surface area (Å²) >= 11 is 0. The number of benzene rings is 1. The van der Waals surface area contributed by atoms with Crippen molar-refractivity contribution in [2.45, 2.75) is 38.3 Å². The summed E-state index contributed by atoms with van der Waals surface area (Å²) in [6.07, 6.45) is 2.83. The summed E-state index contributed by atoms with van der Waals surface area (Å²) in [7, 11) is 0. The van der Waals surface area contributed by atoms with Gasteiger partial charge in [-0.1, -0.05) is 25.1 Å². The lowest BCUT2D eigenvalue weighted by molar-refractivity contribution is -0.122. The number of piperidine rings is 1. The number of hydrogen-bond acceptors (Lipinski definition) is 3. The minimum atomic E-state index is -0.0163. The standard InChI is InChI=1S/C16H23N3O.ClH/c1-11-10-19(9-8-13(11)17)15-7-6-12-4-2-3-5-14(12)18-16(15)20;/h2-5,11,13,15H,6-10,17H2,1H3,(H,18,20);1H. The molecule has 3 atom stereocenters. The highest BCUT2D eigenvalue weighted by Crippen LogP contribution is 2.26. The predicted octanol–water partition coefficient (Wildman–Crippen LogP) is 2.03. The highest BCUT2D eigenvalue weighted by molar-refractivity contribution is 5.96. The molecule has 0 aromatic heterocycles. The topological polar surface area (TPSA) is 58.4 Å². The number of hydrogen-bond donors (Lipinski definition) is 2. The van der Waals surface area contributed by atoms with Gasteiger partial charge in [-0.3, -0.25) is 9.69 Å². The van der Waals surface area contributed by atoms with Gasteiger partial charge in [0.25, 0.3) is 0 Å². The lowest BCUT2D eigenvalue weighted by atomic mass is 9.92. The van der Waals surface area contributed by atoms with E-state index in [1.54, 1.807) is 0 Å². The summed E-state index contributed by atoms with van der Waals surface area (Å²) in [5.41, 5.74) is 8.29. The molecule has 1 aromatic carbocycles. The number of para-hydroxylation sites is 1. The Bertz CT molecular complexity index is 508. The van der Waals surface area contributed by atoms with Crippen LogP contribution in [0.2, 0.25) is 0 Å². The monoisotopic (exact) mass is 309 g/mol. The predicted molar refractivity (Wildman–Crippen MR) is 87.8 cm³/mol. The fraction of sp³-hybridized carbons (Fsp3) is 0.562. The van der Waals surface area contributed by atoms with E-state index in [-0.39, 0.29) is 30.4 Å². The zero-order valence-corrected chi connectivity index (χ0v) is 13.2. The first-order chi connectivity index (χ1) is 9.65. The minimum Gasteiger partial charge on any atom is -0.327 e. The van der Waals surface area contributed by atoms with E-state index in [2.05, 4.69) is 23.2 Å². The minimum absolute atomic E-state index is 0. The Hall–Kier alpha value is -1.10. The Labute approximate surface area is 132 Å². The van der Waals surface area contributed by atoms with E-state index in [1.807, 2.05) is 18.2 Å². The maximum absolute atomic E-state index is 12.5. The number of halogens is 1. The average molecular weight is 310 g/mol. The van der Waals surface area contributed by atoms with Crippen LogP contribution in [0.3, 0.4) is 0 Å². The van der Waals surface area contributed by atoms with Crippen molar-refractivity contribution in [3.05, 3.63) is 29.8 Å². The molecule has 0 radical (unpaired) electrons. The Morgan fingerprint density at radius 3 is 2.81 bits per heavy atom. The molecule has 5 heteroatoms. The molecule has 1 saturated heterocycles. The Balaban J connectivity index is 0.00000161. The van der Waals surface area contributed by atoms with Crippen molar-refractivity contribution in [2.75, 3.05) is 18.4 Å². The molecule has 116 valence electrons. The van der Waals surface area contributed by atoms with Crippen molar-refractivity contribution in [2.24, 2.45) is 11.7 Å². The van der Waals surface area contributed by atoms with E-state index < -0.39 is 0 Å². The maximum atomic E-state index is 12.5. The number of nitrogens with two attached hydrogens (primary N) is 1. The van der Waals surface area contributed by atoms with E-state index in [4.69, 9.17) is 5.73 Å². The first-order valence-electron chi connectivity index (χ1n) is 7.53. The molecule has 3 N–H and O–H groups in total. The number of anilines is 1. The number of carbonyl (C=O) groups is 1. The molecule has 3 unspecified atom stereocenters. The molecule has 4 nitrogen and oxygen atoms in total.